The van der Waals surface area contributed by atoms with E-state index in [4.69, 9.17) is 6.42 Å². The van der Waals surface area contributed by atoms with E-state index >= 15 is 0 Å². The third-order valence-electron chi connectivity index (χ3n) is 4.54. The van der Waals surface area contributed by atoms with Crippen LogP contribution in [0.4, 0.5) is 5.69 Å². The van der Waals surface area contributed by atoms with Crippen LogP contribution in [-0.2, 0) is 4.79 Å². The predicted molar refractivity (Wildman–Crippen MR) is 108 cm³/mol. The zero-order chi connectivity index (χ0) is 19.8. The summed E-state index contributed by atoms with van der Waals surface area (Å²) in [6, 6.07) is 18.1. The molecular formula is C22H22N4O2. The van der Waals surface area contributed by atoms with Crippen LogP contribution in [0.25, 0.3) is 0 Å². The number of anilines is 1. The summed E-state index contributed by atoms with van der Waals surface area (Å²) < 4.78 is 0. The molecule has 3 rings (SSSR count). The minimum Gasteiger partial charge on any atom is -0.354 e. The van der Waals surface area contributed by atoms with Gasteiger partial charge >= 0.3 is 0 Å². The quantitative estimate of drug-likeness (QED) is 0.683. The van der Waals surface area contributed by atoms with Crippen molar-refractivity contribution in [2.24, 2.45) is 10.2 Å². The molecule has 0 aliphatic carbocycles. The molecule has 2 amide bonds. The van der Waals surface area contributed by atoms with Gasteiger partial charge in [-0.1, -0.05) is 36.4 Å². The molecule has 2 aromatic rings. The van der Waals surface area contributed by atoms with Crippen molar-refractivity contribution in [3.63, 3.8) is 0 Å². The van der Waals surface area contributed by atoms with Gasteiger partial charge in [-0.3, -0.25) is 14.5 Å². The average Bonchev–Trinajstić information content (AvgIpc) is 3.51. The molecule has 1 N–H and O–H groups in total. The number of rotatable bonds is 9. The molecule has 0 saturated heterocycles. The molecule has 0 saturated carbocycles. The summed E-state index contributed by atoms with van der Waals surface area (Å²) in [7, 11) is 0. The van der Waals surface area contributed by atoms with Gasteiger partial charge in [0.1, 0.15) is 6.54 Å². The molecule has 2 aromatic carbocycles. The Balaban J connectivity index is 1.61. The van der Waals surface area contributed by atoms with Crippen LogP contribution < -0.4 is 10.2 Å². The molecule has 1 heterocycles. The SMILES string of the molecule is C#CCCC1(CCNC(=O)CN(C(=O)c2ccccc2)c2ccccc2)N=N1. The number of hydrogen-bond donors (Lipinski definition) is 1. The number of nitrogens with zero attached hydrogens (tertiary/aromatic N) is 3. The Bertz CT molecular complexity index is 882. The van der Waals surface area contributed by atoms with Crippen LogP contribution >= 0.6 is 0 Å². The topological polar surface area (TPSA) is 74.1 Å². The average molecular weight is 374 g/mol. The first-order valence-corrected chi connectivity index (χ1v) is 9.20. The Hall–Kier alpha value is -3.46. The predicted octanol–water partition coefficient (Wildman–Crippen LogP) is 3.42. The van der Waals surface area contributed by atoms with Gasteiger partial charge in [-0.25, -0.2) is 0 Å². The molecule has 0 atom stereocenters. The highest BCUT2D eigenvalue weighted by molar-refractivity contribution is 6.08. The van der Waals surface area contributed by atoms with Crippen LogP contribution in [0.1, 0.15) is 29.6 Å². The van der Waals surface area contributed by atoms with E-state index in [1.165, 1.54) is 4.90 Å². The van der Waals surface area contributed by atoms with Gasteiger partial charge in [0.05, 0.1) is 0 Å². The monoisotopic (exact) mass is 374 g/mol. The van der Waals surface area contributed by atoms with Crippen molar-refractivity contribution < 1.29 is 9.59 Å². The lowest BCUT2D eigenvalue weighted by atomic mass is 10.0. The summed E-state index contributed by atoms with van der Waals surface area (Å²) in [5.41, 5.74) is 0.769. The standard InChI is InChI=1S/C22H22N4O2/c1-2-3-14-22(24-25-22)15-16-23-20(27)17-26(19-12-8-5-9-13-19)21(28)18-10-6-4-7-11-18/h1,4-13H,3,14-17H2,(H,23,27). The molecule has 1 aliphatic rings. The Morgan fingerprint density at radius 3 is 2.25 bits per heavy atom. The third-order valence-corrected chi connectivity index (χ3v) is 4.54. The largest absolute Gasteiger partial charge is 0.354 e. The molecule has 6 heteroatoms. The summed E-state index contributed by atoms with van der Waals surface area (Å²) in [5.74, 6) is 2.13. The second-order valence-electron chi connectivity index (χ2n) is 6.58. The van der Waals surface area contributed by atoms with Gasteiger partial charge in [-0.15, -0.1) is 12.3 Å². The van der Waals surface area contributed by atoms with Crippen LogP contribution in [0.5, 0.6) is 0 Å². The lowest BCUT2D eigenvalue weighted by molar-refractivity contribution is -0.119. The Morgan fingerprint density at radius 2 is 1.64 bits per heavy atom. The highest BCUT2D eigenvalue weighted by Gasteiger charge is 2.38. The van der Waals surface area contributed by atoms with Crippen molar-refractivity contribution in [1.82, 2.24) is 5.32 Å². The Morgan fingerprint density at radius 1 is 1.00 bits per heavy atom. The highest BCUT2D eigenvalue weighted by Crippen LogP contribution is 2.36. The summed E-state index contributed by atoms with van der Waals surface area (Å²) in [6.45, 7) is 0.363. The highest BCUT2D eigenvalue weighted by atomic mass is 16.2. The van der Waals surface area contributed by atoms with Gasteiger partial charge in [-0.2, -0.15) is 10.2 Å². The van der Waals surface area contributed by atoms with Gasteiger partial charge < -0.3 is 5.32 Å². The van der Waals surface area contributed by atoms with Gasteiger partial charge in [0.25, 0.3) is 5.91 Å². The second kappa shape index (κ2) is 8.96. The number of benzene rings is 2. The number of nitrogens with one attached hydrogen (secondary N) is 1. The normalized spacial score (nSPS) is 13.4. The molecule has 0 fully saturated rings. The van der Waals surface area contributed by atoms with Crippen molar-refractivity contribution in [2.45, 2.75) is 24.9 Å². The van der Waals surface area contributed by atoms with Crippen molar-refractivity contribution in [3.8, 4) is 12.3 Å². The number of carbonyl (C=O) groups excluding carboxylic acids is 2. The van der Waals surface area contributed by atoms with Crippen LogP contribution in [0.2, 0.25) is 0 Å². The van der Waals surface area contributed by atoms with E-state index in [0.717, 1.165) is 0 Å². The molecule has 0 radical (unpaired) electrons. The van der Waals surface area contributed by atoms with Gasteiger partial charge in [0, 0.05) is 37.1 Å². The first-order valence-electron chi connectivity index (χ1n) is 9.20. The van der Waals surface area contributed by atoms with E-state index in [2.05, 4.69) is 21.5 Å². The van der Waals surface area contributed by atoms with Crippen molar-refractivity contribution in [1.29, 1.82) is 0 Å². The van der Waals surface area contributed by atoms with Crippen LogP contribution in [-0.4, -0.2) is 30.6 Å². The number of carbonyl (C=O) groups is 2. The van der Waals surface area contributed by atoms with Gasteiger partial charge in [0.2, 0.25) is 5.91 Å². The fourth-order valence-corrected chi connectivity index (χ4v) is 2.89. The minimum atomic E-state index is -0.432. The van der Waals surface area contributed by atoms with Crippen molar-refractivity contribution in [2.75, 3.05) is 18.0 Å². The van der Waals surface area contributed by atoms with E-state index in [-0.39, 0.29) is 18.4 Å². The summed E-state index contributed by atoms with van der Waals surface area (Å²) in [4.78, 5) is 26.9. The first kappa shape index (κ1) is 19.3. The molecule has 0 unspecified atom stereocenters. The zero-order valence-corrected chi connectivity index (χ0v) is 15.5. The molecule has 6 nitrogen and oxygen atoms in total. The van der Waals surface area contributed by atoms with Crippen LogP contribution in [0.15, 0.2) is 70.9 Å². The van der Waals surface area contributed by atoms with Crippen LogP contribution in [0, 0.1) is 12.3 Å². The first-order chi connectivity index (χ1) is 13.6. The molecule has 1 aliphatic heterocycles. The van der Waals surface area contributed by atoms with Gasteiger partial charge in [-0.05, 0) is 24.3 Å². The Kier molecular flexibility index (Phi) is 6.18. The molecule has 0 bridgehead atoms. The zero-order valence-electron chi connectivity index (χ0n) is 15.5. The van der Waals surface area contributed by atoms with E-state index in [1.807, 2.05) is 36.4 Å². The summed E-state index contributed by atoms with van der Waals surface area (Å²) in [5, 5.41) is 11.0. The lowest BCUT2D eigenvalue weighted by Gasteiger charge is -2.22. The van der Waals surface area contributed by atoms with E-state index in [0.29, 0.717) is 37.1 Å². The van der Waals surface area contributed by atoms with E-state index in [1.54, 1.807) is 24.3 Å². The van der Waals surface area contributed by atoms with Gasteiger partial charge in [0.15, 0.2) is 5.66 Å². The van der Waals surface area contributed by atoms with Crippen molar-refractivity contribution in [3.05, 3.63) is 66.2 Å². The second-order valence-corrected chi connectivity index (χ2v) is 6.58. The molecule has 0 spiro atoms. The molecular weight excluding hydrogens is 352 g/mol. The van der Waals surface area contributed by atoms with Crippen molar-refractivity contribution >= 4 is 17.5 Å². The summed E-state index contributed by atoms with van der Waals surface area (Å²) >= 11 is 0. The number of hydrogen-bond acceptors (Lipinski definition) is 4. The smallest absolute Gasteiger partial charge is 0.258 e. The fraction of sp³-hybridized carbons (Fsp3) is 0.273. The fourth-order valence-electron chi connectivity index (χ4n) is 2.89. The summed E-state index contributed by atoms with van der Waals surface area (Å²) in [6.07, 6.45) is 7.20. The van der Waals surface area contributed by atoms with E-state index < -0.39 is 5.66 Å². The maximum Gasteiger partial charge on any atom is 0.258 e. The maximum absolute atomic E-state index is 12.9. The third kappa shape index (κ3) is 5.04. The van der Waals surface area contributed by atoms with E-state index in [9.17, 15) is 9.59 Å². The van der Waals surface area contributed by atoms with Crippen LogP contribution in [0.3, 0.4) is 0 Å². The minimum absolute atomic E-state index is 0.0661. The number of terminal acetylenes is 1. The maximum atomic E-state index is 12.9. The number of amides is 2. The molecule has 28 heavy (non-hydrogen) atoms. The molecule has 142 valence electrons. The number of para-hydroxylation sites is 1. The molecule has 0 aromatic heterocycles. The Labute approximate surface area is 164 Å². The lowest BCUT2D eigenvalue weighted by Crippen LogP contribution is -2.41.